The maximum Gasteiger partial charge on any atom is 0.225 e. The van der Waals surface area contributed by atoms with Gasteiger partial charge in [-0.1, -0.05) is 76.7 Å². The lowest BCUT2D eigenvalue weighted by Crippen LogP contribution is -2.36. The van der Waals surface area contributed by atoms with Crippen LogP contribution in [0.5, 0.6) is 0 Å². The lowest BCUT2D eigenvalue weighted by atomic mass is 10.1. The molecule has 2 saturated heterocycles. The van der Waals surface area contributed by atoms with Crippen LogP contribution in [-0.4, -0.2) is 42.9 Å². The number of ether oxygens (including phenoxy) is 2. The molecule has 0 radical (unpaired) electrons. The highest BCUT2D eigenvalue weighted by Crippen LogP contribution is 2.31. The SMILES string of the molecule is CCCCCC1OC1CC=CCC(=O)NCNC(=O)CC=CCC1OC1CCCCC. The third kappa shape index (κ3) is 12.1. The van der Waals surface area contributed by atoms with Crippen molar-refractivity contribution in [2.75, 3.05) is 6.67 Å². The molecule has 0 aromatic heterocycles. The minimum absolute atomic E-state index is 0.0942. The molecular formula is C25H42N2O4. The van der Waals surface area contributed by atoms with Crippen molar-refractivity contribution < 1.29 is 19.1 Å². The summed E-state index contributed by atoms with van der Waals surface area (Å²) in [5, 5.41) is 5.42. The maximum atomic E-state index is 11.8. The molecular weight excluding hydrogens is 392 g/mol. The van der Waals surface area contributed by atoms with Gasteiger partial charge in [0.05, 0.1) is 31.1 Å². The van der Waals surface area contributed by atoms with Crippen LogP contribution in [0, 0.1) is 0 Å². The molecule has 2 heterocycles. The molecule has 2 rings (SSSR count). The Morgan fingerprint density at radius 3 is 1.55 bits per heavy atom. The van der Waals surface area contributed by atoms with Crippen LogP contribution in [0.4, 0.5) is 0 Å². The molecule has 2 fully saturated rings. The van der Waals surface area contributed by atoms with Gasteiger partial charge in [-0.3, -0.25) is 9.59 Å². The second-order valence-corrected chi connectivity index (χ2v) is 8.62. The molecule has 176 valence electrons. The van der Waals surface area contributed by atoms with Gasteiger partial charge in [0.2, 0.25) is 11.8 Å². The van der Waals surface area contributed by atoms with E-state index < -0.39 is 0 Å². The number of unbranched alkanes of at least 4 members (excludes halogenated alkanes) is 4. The maximum absolute atomic E-state index is 11.8. The molecule has 0 bridgehead atoms. The molecule has 31 heavy (non-hydrogen) atoms. The van der Waals surface area contributed by atoms with Gasteiger partial charge >= 0.3 is 0 Å². The van der Waals surface area contributed by atoms with Crippen LogP contribution in [-0.2, 0) is 19.1 Å². The number of amides is 2. The van der Waals surface area contributed by atoms with E-state index in [2.05, 4.69) is 24.5 Å². The Kier molecular flexibility index (Phi) is 12.5. The first-order valence-electron chi connectivity index (χ1n) is 12.3. The largest absolute Gasteiger partial charge is 0.369 e. The topological polar surface area (TPSA) is 83.3 Å². The van der Waals surface area contributed by atoms with E-state index in [1.165, 1.54) is 38.5 Å². The first-order chi connectivity index (χ1) is 15.1. The minimum atomic E-state index is -0.0942. The number of rotatable bonds is 18. The molecule has 0 aromatic carbocycles. The third-order valence-corrected chi connectivity index (χ3v) is 5.81. The number of carbonyl (C=O) groups is 2. The van der Waals surface area contributed by atoms with Gasteiger partial charge in [0.1, 0.15) is 0 Å². The number of carbonyl (C=O) groups excluding carboxylic acids is 2. The Bertz CT molecular complexity index is 540. The van der Waals surface area contributed by atoms with Crippen LogP contribution in [0.15, 0.2) is 24.3 Å². The van der Waals surface area contributed by atoms with E-state index in [0.717, 1.165) is 25.7 Å². The number of epoxide rings is 2. The summed E-state index contributed by atoms with van der Waals surface area (Å²) >= 11 is 0. The highest BCUT2D eigenvalue weighted by Gasteiger charge is 2.37. The fourth-order valence-corrected chi connectivity index (χ4v) is 3.70. The van der Waals surface area contributed by atoms with Crippen LogP contribution in [0.1, 0.15) is 90.9 Å². The minimum Gasteiger partial charge on any atom is -0.369 e. The lowest BCUT2D eigenvalue weighted by Gasteiger charge is -2.05. The number of hydrogen-bond acceptors (Lipinski definition) is 4. The Labute approximate surface area is 188 Å². The van der Waals surface area contributed by atoms with Gasteiger partial charge in [-0.2, -0.15) is 0 Å². The Hall–Kier alpha value is -1.66. The number of nitrogens with one attached hydrogen (secondary N) is 2. The Morgan fingerprint density at radius 1 is 0.677 bits per heavy atom. The van der Waals surface area contributed by atoms with Gasteiger partial charge in [-0.05, 0) is 25.7 Å². The molecule has 4 atom stereocenters. The van der Waals surface area contributed by atoms with Gasteiger partial charge in [0.25, 0.3) is 0 Å². The molecule has 0 saturated carbocycles. The van der Waals surface area contributed by atoms with E-state index in [4.69, 9.17) is 9.47 Å². The van der Waals surface area contributed by atoms with Crippen LogP contribution in [0.3, 0.4) is 0 Å². The van der Waals surface area contributed by atoms with Crippen molar-refractivity contribution in [2.45, 2.75) is 115 Å². The summed E-state index contributed by atoms with van der Waals surface area (Å²) in [6.45, 7) is 4.57. The van der Waals surface area contributed by atoms with E-state index >= 15 is 0 Å². The molecule has 0 aromatic rings. The molecule has 2 aliphatic heterocycles. The summed E-state index contributed by atoms with van der Waals surface area (Å²) in [7, 11) is 0. The smallest absolute Gasteiger partial charge is 0.225 e. The highest BCUT2D eigenvalue weighted by atomic mass is 16.6. The summed E-state index contributed by atoms with van der Waals surface area (Å²) in [6.07, 6.45) is 21.5. The predicted octanol–water partition coefficient (Wildman–Crippen LogP) is 4.54. The standard InChI is InChI=1S/C25H42N2O4/c1-3-5-7-13-20-22(30-20)15-9-11-17-24(28)26-19-27-25(29)18-12-10-16-23-21(31-23)14-8-6-4-2/h9-12,20-23H,3-8,13-19H2,1-2H3,(H,26,28)(H,27,29). The van der Waals surface area contributed by atoms with E-state index in [-0.39, 0.29) is 18.5 Å². The predicted molar refractivity (Wildman–Crippen MR) is 124 cm³/mol. The number of hydrogen-bond donors (Lipinski definition) is 2. The van der Waals surface area contributed by atoms with Crippen LogP contribution >= 0.6 is 0 Å². The van der Waals surface area contributed by atoms with Crippen molar-refractivity contribution >= 4 is 11.8 Å². The molecule has 4 unspecified atom stereocenters. The van der Waals surface area contributed by atoms with Crippen LogP contribution in [0.25, 0.3) is 0 Å². The molecule has 6 nitrogen and oxygen atoms in total. The average Bonchev–Trinajstić information content (AvgIpc) is 3.67. The van der Waals surface area contributed by atoms with Crippen molar-refractivity contribution in [2.24, 2.45) is 0 Å². The zero-order valence-corrected chi connectivity index (χ0v) is 19.4. The van der Waals surface area contributed by atoms with Crippen molar-refractivity contribution in [3.05, 3.63) is 24.3 Å². The fraction of sp³-hybridized carbons (Fsp3) is 0.760. The van der Waals surface area contributed by atoms with Crippen molar-refractivity contribution in [1.29, 1.82) is 0 Å². The van der Waals surface area contributed by atoms with E-state index in [9.17, 15) is 9.59 Å². The molecule has 0 spiro atoms. The van der Waals surface area contributed by atoms with E-state index in [0.29, 0.717) is 37.3 Å². The second-order valence-electron chi connectivity index (χ2n) is 8.62. The summed E-state index contributed by atoms with van der Waals surface area (Å²) in [5.74, 6) is -0.188. The fourth-order valence-electron chi connectivity index (χ4n) is 3.70. The van der Waals surface area contributed by atoms with Crippen molar-refractivity contribution in [3.63, 3.8) is 0 Å². The summed E-state index contributed by atoms with van der Waals surface area (Å²) < 4.78 is 11.3. The van der Waals surface area contributed by atoms with Gasteiger partial charge in [-0.25, -0.2) is 0 Å². The normalized spacial score (nSPS) is 24.6. The van der Waals surface area contributed by atoms with Gasteiger partial charge in [0.15, 0.2) is 0 Å². The van der Waals surface area contributed by atoms with Crippen molar-refractivity contribution in [1.82, 2.24) is 10.6 Å². The van der Waals surface area contributed by atoms with Crippen LogP contribution in [0.2, 0.25) is 0 Å². The summed E-state index contributed by atoms with van der Waals surface area (Å²) in [4.78, 5) is 23.6. The monoisotopic (exact) mass is 434 g/mol. The summed E-state index contributed by atoms with van der Waals surface area (Å²) in [6, 6.07) is 0. The first-order valence-corrected chi connectivity index (χ1v) is 12.3. The molecule has 2 aliphatic rings. The molecule has 2 N–H and O–H groups in total. The van der Waals surface area contributed by atoms with Gasteiger partial charge in [0, 0.05) is 12.8 Å². The summed E-state index contributed by atoms with van der Waals surface area (Å²) in [5.41, 5.74) is 0. The van der Waals surface area contributed by atoms with Gasteiger partial charge in [-0.15, -0.1) is 0 Å². The average molecular weight is 435 g/mol. The van der Waals surface area contributed by atoms with Gasteiger partial charge < -0.3 is 20.1 Å². The second kappa shape index (κ2) is 15.2. The first kappa shape index (κ1) is 25.6. The molecule has 2 amide bonds. The quantitative estimate of drug-likeness (QED) is 0.144. The molecule has 6 heteroatoms. The molecule has 0 aliphatic carbocycles. The highest BCUT2D eigenvalue weighted by molar-refractivity contribution is 5.79. The van der Waals surface area contributed by atoms with E-state index in [1.807, 2.05) is 24.3 Å². The Morgan fingerprint density at radius 2 is 1.13 bits per heavy atom. The lowest BCUT2D eigenvalue weighted by molar-refractivity contribution is -0.122. The Balaban J connectivity index is 1.40. The van der Waals surface area contributed by atoms with Crippen molar-refractivity contribution in [3.8, 4) is 0 Å². The van der Waals surface area contributed by atoms with Crippen LogP contribution < -0.4 is 10.6 Å². The van der Waals surface area contributed by atoms with E-state index in [1.54, 1.807) is 0 Å². The zero-order chi connectivity index (χ0) is 22.3. The third-order valence-electron chi connectivity index (χ3n) is 5.81. The zero-order valence-electron chi connectivity index (χ0n) is 19.4.